The van der Waals surface area contributed by atoms with Crippen LogP contribution in [0, 0.1) is 0 Å². The summed E-state index contributed by atoms with van der Waals surface area (Å²) in [5.74, 6) is 1.66. The lowest BCUT2D eigenvalue weighted by Crippen LogP contribution is -2.47. The van der Waals surface area contributed by atoms with Crippen LogP contribution in [0.15, 0.2) is 41.0 Å². The lowest BCUT2D eigenvalue weighted by Gasteiger charge is -2.23. The van der Waals surface area contributed by atoms with E-state index in [9.17, 15) is 9.59 Å². The number of thioether (sulfide) groups is 1. The van der Waals surface area contributed by atoms with Crippen LogP contribution < -0.4 is 20.1 Å². The molecule has 2 amide bonds. The summed E-state index contributed by atoms with van der Waals surface area (Å²) in [6, 6.07) is 7.92. The Kier molecular flexibility index (Phi) is 6.86. The molecule has 1 aromatic heterocycles. The van der Waals surface area contributed by atoms with Crippen molar-refractivity contribution in [2.24, 2.45) is 0 Å². The zero-order valence-electron chi connectivity index (χ0n) is 15.9. The van der Waals surface area contributed by atoms with Gasteiger partial charge in [-0.2, -0.15) is 11.8 Å². The number of amides is 2. The van der Waals surface area contributed by atoms with Crippen LogP contribution >= 0.6 is 11.8 Å². The highest BCUT2D eigenvalue weighted by atomic mass is 32.2. The first-order chi connectivity index (χ1) is 13.6. The largest absolute Gasteiger partial charge is 0.486 e. The van der Waals surface area contributed by atoms with Gasteiger partial charge in [0.15, 0.2) is 17.3 Å². The van der Waals surface area contributed by atoms with E-state index >= 15 is 0 Å². The molecule has 2 N–H and O–H groups in total. The number of rotatable bonds is 8. The van der Waals surface area contributed by atoms with Crippen molar-refractivity contribution in [2.75, 3.05) is 25.2 Å². The van der Waals surface area contributed by atoms with Crippen molar-refractivity contribution < 1.29 is 23.5 Å². The molecule has 0 bridgehead atoms. The molecule has 0 unspecified atom stereocenters. The van der Waals surface area contributed by atoms with E-state index in [1.165, 1.54) is 6.26 Å². The van der Waals surface area contributed by atoms with Crippen LogP contribution in [0.5, 0.6) is 11.5 Å². The first-order valence-corrected chi connectivity index (χ1v) is 10.5. The van der Waals surface area contributed by atoms with Crippen LogP contribution in [0.25, 0.3) is 0 Å². The topological polar surface area (TPSA) is 89.8 Å². The molecule has 1 aliphatic rings. The van der Waals surface area contributed by atoms with Crippen LogP contribution in [-0.2, 0) is 4.79 Å². The molecule has 3 rings (SSSR count). The third kappa shape index (κ3) is 5.01. The maximum absolute atomic E-state index is 12.8. The van der Waals surface area contributed by atoms with Crippen LogP contribution in [0.1, 0.15) is 35.5 Å². The highest BCUT2D eigenvalue weighted by Gasteiger charge is 2.24. The predicted molar refractivity (Wildman–Crippen MR) is 107 cm³/mol. The predicted octanol–water partition coefficient (Wildman–Crippen LogP) is 2.78. The number of furan rings is 1. The van der Waals surface area contributed by atoms with E-state index in [2.05, 4.69) is 10.6 Å². The fourth-order valence-electron chi connectivity index (χ4n) is 2.87. The SMILES string of the molecule is CSCC[C@H](NC(=O)c1ccco1)C(=O)N[C@H](C)c1ccc2c(c1)OCCO2. The molecule has 28 heavy (non-hydrogen) atoms. The van der Waals surface area contributed by atoms with E-state index < -0.39 is 11.9 Å². The molecule has 2 atom stereocenters. The van der Waals surface area contributed by atoms with Gasteiger partial charge in [0.2, 0.25) is 5.91 Å². The highest BCUT2D eigenvalue weighted by Crippen LogP contribution is 2.32. The number of ether oxygens (including phenoxy) is 2. The molecule has 7 nitrogen and oxygen atoms in total. The molecular weight excluding hydrogens is 380 g/mol. The van der Waals surface area contributed by atoms with E-state index in [1.54, 1.807) is 23.9 Å². The van der Waals surface area contributed by atoms with Gasteiger partial charge >= 0.3 is 0 Å². The van der Waals surface area contributed by atoms with Gasteiger partial charge in [-0.25, -0.2) is 0 Å². The number of carbonyl (C=O) groups is 2. The van der Waals surface area contributed by atoms with E-state index in [4.69, 9.17) is 13.9 Å². The zero-order chi connectivity index (χ0) is 19.9. The molecule has 2 aromatic rings. The second-order valence-electron chi connectivity index (χ2n) is 6.42. The van der Waals surface area contributed by atoms with Gasteiger partial charge in [0.25, 0.3) is 5.91 Å². The average molecular weight is 404 g/mol. The summed E-state index contributed by atoms with van der Waals surface area (Å²) in [6.45, 7) is 2.93. The van der Waals surface area contributed by atoms with Crippen molar-refractivity contribution in [3.63, 3.8) is 0 Å². The average Bonchev–Trinajstić information content (AvgIpc) is 3.25. The van der Waals surface area contributed by atoms with E-state index in [0.717, 1.165) is 11.3 Å². The van der Waals surface area contributed by atoms with Gasteiger partial charge in [-0.1, -0.05) is 6.07 Å². The molecule has 0 radical (unpaired) electrons. The summed E-state index contributed by atoms with van der Waals surface area (Å²) in [4.78, 5) is 25.1. The van der Waals surface area contributed by atoms with Crippen molar-refractivity contribution in [3.05, 3.63) is 47.9 Å². The third-order valence-electron chi connectivity index (χ3n) is 4.40. The molecule has 0 saturated heterocycles. The van der Waals surface area contributed by atoms with Crippen LogP contribution in [0.2, 0.25) is 0 Å². The summed E-state index contributed by atoms with van der Waals surface area (Å²) >= 11 is 1.62. The summed E-state index contributed by atoms with van der Waals surface area (Å²) in [6.07, 6.45) is 3.91. The standard InChI is InChI=1S/C20H24N2O5S/c1-13(14-5-6-16-18(12-14)27-10-9-26-16)21-19(23)15(7-11-28-2)22-20(24)17-4-3-8-25-17/h3-6,8,12-13,15H,7,9-11H2,1-2H3,(H,21,23)(H,22,24)/t13-,15+/m1/s1. The monoisotopic (exact) mass is 404 g/mol. The number of hydrogen-bond donors (Lipinski definition) is 2. The minimum absolute atomic E-state index is 0.182. The van der Waals surface area contributed by atoms with Gasteiger partial charge < -0.3 is 24.5 Å². The van der Waals surface area contributed by atoms with Crippen molar-refractivity contribution in [1.29, 1.82) is 0 Å². The molecule has 0 fully saturated rings. The fourth-order valence-corrected chi connectivity index (χ4v) is 3.34. The Labute approximate surface area is 168 Å². The van der Waals surface area contributed by atoms with Gasteiger partial charge in [0, 0.05) is 0 Å². The number of carbonyl (C=O) groups excluding carboxylic acids is 2. The first kappa shape index (κ1) is 20.1. The van der Waals surface area contributed by atoms with Gasteiger partial charge in [-0.3, -0.25) is 9.59 Å². The normalized spacial score (nSPS) is 14.8. The summed E-state index contributed by atoms with van der Waals surface area (Å²) < 4.78 is 16.2. The minimum Gasteiger partial charge on any atom is -0.486 e. The summed E-state index contributed by atoms with van der Waals surface area (Å²) in [7, 11) is 0. The molecular formula is C20H24N2O5S. The smallest absolute Gasteiger partial charge is 0.287 e. The van der Waals surface area contributed by atoms with Crippen LogP contribution in [0.4, 0.5) is 0 Å². The van der Waals surface area contributed by atoms with Crippen molar-refractivity contribution in [2.45, 2.75) is 25.4 Å². The Morgan fingerprint density at radius 2 is 1.93 bits per heavy atom. The molecule has 0 spiro atoms. The van der Waals surface area contributed by atoms with Crippen molar-refractivity contribution in [3.8, 4) is 11.5 Å². The maximum Gasteiger partial charge on any atom is 0.287 e. The molecule has 0 saturated carbocycles. The maximum atomic E-state index is 12.8. The second-order valence-corrected chi connectivity index (χ2v) is 7.40. The number of fused-ring (bicyclic) bond motifs is 1. The van der Waals surface area contributed by atoms with Crippen LogP contribution in [0.3, 0.4) is 0 Å². The first-order valence-electron chi connectivity index (χ1n) is 9.11. The highest BCUT2D eigenvalue weighted by molar-refractivity contribution is 7.98. The number of benzene rings is 1. The number of nitrogens with one attached hydrogen (secondary N) is 2. The summed E-state index contributed by atoms with van der Waals surface area (Å²) in [5, 5.41) is 5.73. The molecule has 8 heteroatoms. The second kappa shape index (κ2) is 9.54. The van der Waals surface area contributed by atoms with Gasteiger partial charge in [-0.15, -0.1) is 0 Å². The lowest BCUT2D eigenvalue weighted by atomic mass is 10.1. The Morgan fingerprint density at radius 1 is 1.14 bits per heavy atom. The van der Waals surface area contributed by atoms with Gasteiger partial charge in [-0.05, 0) is 55.2 Å². The van der Waals surface area contributed by atoms with E-state index in [1.807, 2.05) is 31.4 Å². The van der Waals surface area contributed by atoms with Gasteiger partial charge in [0.05, 0.1) is 12.3 Å². The fraction of sp³-hybridized carbons (Fsp3) is 0.400. The molecule has 1 aromatic carbocycles. The van der Waals surface area contributed by atoms with Gasteiger partial charge in [0.1, 0.15) is 19.3 Å². The Balaban J connectivity index is 1.65. The van der Waals surface area contributed by atoms with Crippen LogP contribution in [-0.4, -0.2) is 43.1 Å². The molecule has 0 aliphatic carbocycles. The Hall–Kier alpha value is -2.61. The van der Waals surface area contributed by atoms with E-state index in [-0.39, 0.29) is 17.7 Å². The Bertz CT molecular complexity index is 809. The molecule has 150 valence electrons. The van der Waals surface area contributed by atoms with Crippen molar-refractivity contribution in [1.82, 2.24) is 10.6 Å². The molecule has 2 heterocycles. The molecule has 1 aliphatic heterocycles. The van der Waals surface area contributed by atoms with Crippen molar-refractivity contribution >= 4 is 23.6 Å². The Morgan fingerprint density at radius 3 is 2.64 bits per heavy atom. The third-order valence-corrected chi connectivity index (χ3v) is 5.05. The number of hydrogen-bond acceptors (Lipinski definition) is 6. The minimum atomic E-state index is -0.648. The summed E-state index contributed by atoms with van der Waals surface area (Å²) in [5.41, 5.74) is 0.901. The zero-order valence-corrected chi connectivity index (χ0v) is 16.7. The quantitative estimate of drug-likeness (QED) is 0.703. The van der Waals surface area contributed by atoms with E-state index in [0.29, 0.717) is 31.1 Å². The lowest BCUT2D eigenvalue weighted by molar-refractivity contribution is -0.123.